The molecule has 0 bridgehead atoms. The molecule has 0 unspecified atom stereocenters. The Bertz CT molecular complexity index is 923. The van der Waals surface area contributed by atoms with Crippen molar-refractivity contribution in [1.29, 1.82) is 0 Å². The summed E-state index contributed by atoms with van der Waals surface area (Å²) in [5, 5.41) is 1.17. The number of morpholine rings is 1. The van der Waals surface area contributed by atoms with E-state index < -0.39 is 0 Å². The first kappa shape index (κ1) is 15.6. The number of aromatic nitrogens is 2. The average molecular weight is 333 g/mol. The third-order valence-electron chi connectivity index (χ3n) is 4.45. The van der Waals surface area contributed by atoms with Crippen LogP contribution in [0.25, 0.3) is 28.1 Å². The Morgan fingerprint density at radius 1 is 1.20 bits per heavy atom. The zero-order valence-corrected chi connectivity index (χ0v) is 13.8. The van der Waals surface area contributed by atoms with Gasteiger partial charge in [-0.2, -0.15) is 0 Å². The molecule has 126 valence electrons. The number of hydrogen-bond donors (Lipinski definition) is 1. The smallest absolute Gasteiger partial charge is 0.246 e. The maximum atomic E-state index is 12.3. The monoisotopic (exact) mass is 333 g/mol. The number of rotatable bonds is 3. The third-order valence-corrected chi connectivity index (χ3v) is 4.45. The number of amides is 1. The highest BCUT2D eigenvalue weighted by molar-refractivity contribution is 5.93. The van der Waals surface area contributed by atoms with Crippen molar-refractivity contribution < 1.29 is 9.53 Å². The van der Waals surface area contributed by atoms with Crippen LogP contribution in [0.4, 0.5) is 0 Å². The molecular formula is C20H19N3O2. The number of H-pyrrole nitrogens is 1. The highest BCUT2D eigenvalue weighted by atomic mass is 16.5. The van der Waals surface area contributed by atoms with E-state index in [1.807, 2.05) is 35.5 Å². The second-order valence-corrected chi connectivity index (χ2v) is 6.01. The van der Waals surface area contributed by atoms with Gasteiger partial charge in [0.1, 0.15) is 0 Å². The van der Waals surface area contributed by atoms with Crippen LogP contribution in [-0.2, 0) is 9.53 Å². The minimum atomic E-state index is 0.0193. The molecule has 0 aliphatic carbocycles. The Hall–Kier alpha value is -2.92. The number of fused-ring (bicyclic) bond motifs is 1. The molecule has 25 heavy (non-hydrogen) atoms. The Labute approximate surface area is 145 Å². The predicted molar refractivity (Wildman–Crippen MR) is 98.0 cm³/mol. The van der Waals surface area contributed by atoms with Crippen molar-refractivity contribution in [3.63, 3.8) is 0 Å². The highest BCUT2D eigenvalue weighted by Gasteiger charge is 2.14. The number of aromatic amines is 1. The Morgan fingerprint density at radius 3 is 2.96 bits per heavy atom. The maximum absolute atomic E-state index is 12.3. The van der Waals surface area contributed by atoms with E-state index in [0.29, 0.717) is 26.3 Å². The molecule has 2 aromatic heterocycles. The quantitative estimate of drug-likeness (QED) is 0.749. The van der Waals surface area contributed by atoms with Gasteiger partial charge in [0.15, 0.2) is 0 Å². The maximum Gasteiger partial charge on any atom is 0.246 e. The zero-order valence-electron chi connectivity index (χ0n) is 13.8. The van der Waals surface area contributed by atoms with Crippen molar-refractivity contribution in [2.45, 2.75) is 0 Å². The fraction of sp³-hybridized carbons (Fsp3) is 0.200. The van der Waals surface area contributed by atoms with E-state index in [1.165, 1.54) is 5.39 Å². The van der Waals surface area contributed by atoms with Crippen LogP contribution in [0.2, 0.25) is 0 Å². The van der Waals surface area contributed by atoms with Gasteiger partial charge in [0.25, 0.3) is 0 Å². The number of carbonyl (C=O) groups is 1. The number of carbonyl (C=O) groups excluding carboxylic acids is 1. The summed E-state index contributed by atoms with van der Waals surface area (Å²) in [5.74, 6) is 0.0193. The number of hydrogen-bond acceptors (Lipinski definition) is 3. The molecule has 1 amide bonds. The van der Waals surface area contributed by atoms with Crippen LogP contribution >= 0.6 is 0 Å². The van der Waals surface area contributed by atoms with E-state index in [9.17, 15) is 4.79 Å². The molecule has 1 aromatic carbocycles. The Kier molecular flexibility index (Phi) is 4.31. The molecule has 1 saturated heterocycles. The summed E-state index contributed by atoms with van der Waals surface area (Å²) >= 11 is 0. The molecule has 5 nitrogen and oxygen atoms in total. The Balaban J connectivity index is 1.62. The molecule has 0 radical (unpaired) electrons. The molecule has 1 fully saturated rings. The molecule has 0 spiro atoms. The van der Waals surface area contributed by atoms with E-state index in [-0.39, 0.29) is 5.91 Å². The summed E-state index contributed by atoms with van der Waals surface area (Å²) in [4.78, 5) is 21.6. The van der Waals surface area contributed by atoms with Gasteiger partial charge in [0, 0.05) is 48.8 Å². The minimum absolute atomic E-state index is 0.0193. The first-order valence-corrected chi connectivity index (χ1v) is 8.37. The molecular weight excluding hydrogens is 314 g/mol. The van der Waals surface area contributed by atoms with Gasteiger partial charge in [-0.3, -0.25) is 9.78 Å². The van der Waals surface area contributed by atoms with Crippen molar-refractivity contribution in [2.24, 2.45) is 0 Å². The van der Waals surface area contributed by atoms with Gasteiger partial charge in [-0.1, -0.05) is 12.1 Å². The molecule has 3 aromatic rings. The molecule has 0 saturated carbocycles. The number of ether oxygens (including phenoxy) is 1. The molecule has 1 N–H and O–H groups in total. The van der Waals surface area contributed by atoms with E-state index in [0.717, 1.165) is 22.2 Å². The van der Waals surface area contributed by atoms with Crippen LogP contribution in [0, 0.1) is 0 Å². The van der Waals surface area contributed by atoms with Gasteiger partial charge in [-0.05, 0) is 40.8 Å². The minimum Gasteiger partial charge on any atom is -0.378 e. The van der Waals surface area contributed by atoms with Gasteiger partial charge >= 0.3 is 0 Å². The van der Waals surface area contributed by atoms with Crippen LogP contribution in [-0.4, -0.2) is 47.1 Å². The Morgan fingerprint density at radius 2 is 2.08 bits per heavy atom. The normalized spacial score (nSPS) is 15.1. The summed E-state index contributed by atoms with van der Waals surface area (Å²) in [5.41, 5.74) is 4.13. The summed E-state index contributed by atoms with van der Waals surface area (Å²) in [6.45, 7) is 2.51. The average Bonchev–Trinajstić information content (AvgIpc) is 3.15. The van der Waals surface area contributed by atoms with Gasteiger partial charge in [-0.15, -0.1) is 0 Å². The predicted octanol–water partition coefficient (Wildman–Crippen LogP) is 3.10. The molecule has 3 heterocycles. The van der Waals surface area contributed by atoms with Gasteiger partial charge in [0.2, 0.25) is 5.91 Å². The van der Waals surface area contributed by atoms with Crippen molar-refractivity contribution in [3.05, 3.63) is 60.6 Å². The molecule has 1 aliphatic heterocycles. The number of pyridine rings is 1. The summed E-state index contributed by atoms with van der Waals surface area (Å²) in [7, 11) is 0. The summed E-state index contributed by atoms with van der Waals surface area (Å²) < 4.78 is 5.29. The molecule has 5 heteroatoms. The van der Waals surface area contributed by atoms with Crippen LogP contribution in [0.1, 0.15) is 5.56 Å². The van der Waals surface area contributed by atoms with Crippen molar-refractivity contribution in [2.75, 3.05) is 26.3 Å². The lowest BCUT2D eigenvalue weighted by atomic mass is 10.0. The fourth-order valence-corrected chi connectivity index (χ4v) is 3.06. The highest BCUT2D eigenvalue weighted by Crippen LogP contribution is 2.27. The molecule has 1 aliphatic rings. The third kappa shape index (κ3) is 3.32. The molecule has 4 rings (SSSR count). The van der Waals surface area contributed by atoms with Crippen LogP contribution < -0.4 is 0 Å². The van der Waals surface area contributed by atoms with E-state index in [2.05, 4.69) is 28.2 Å². The van der Waals surface area contributed by atoms with E-state index in [4.69, 9.17) is 4.74 Å². The number of benzene rings is 1. The van der Waals surface area contributed by atoms with Gasteiger partial charge < -0.3 is 14.6 Å². The van der Waals surface area contributed by atoms with Crippen molar-refractivity contribution >= 4 is 22.9 Å². The first-order valence-electron chi connectivity index (χ1n) is 8.37. The van der Waals surface area contributed by atoms with Crippen LogP contribution in [0.5, 0.6) is 0 Å². The van der Waals surface area contributed by atoms with Crippen LogP contribution in [0.15, 0.2) is 55.0 Å². The van der Waals surface area contributed by atoms with Gasteiger partial charge in [0.05, 0.1) is 13.2 Å². The van der Waals surface area contributed by atoms with Crippen molar-refractivity contribution in [1.82, 2.24) is 14.9 Å². The fourth-order valence-electron chi connectivity index (χ4n) is 3.06. The molecule has 0 atom stereocenters. The SMILES string of the molecule is O=C(/C=C/c1ccncc1-c1ccc2cc[nH]c2c1)N1CCOCC1. The lowest BCUT2D eigenvalue weighted by Crippen LogP contribution is -2.39. The standard InChI is InChI=1S/C20H19N3O2/c24-20(23-9-11-25-12-10-23)4-3-15-5-7-21-14-18(15)17-2-1-16-6-8-22-19(16)13-17/h1-8,13-14,22H,9-12H2/b4-3+. The first-order chi connectivity index (χ1) is 12.3. The summed E-state index contributed by atoms with van der Waals surface area (Å²) in [6.07, 6.45) is 9.02. The van der Waals surface area contributed by atoms with E-state index >= 15 is 0 Å². The number of nitrogens with one attached hydrogen (secondary N) is 1. The second kappa shape index (κ2) is 6.91. The lowest BCUT2D eigenvalue weighted by Gasteiger charge is -2.25. The zero-order chi connectivity index (χ0) is 17.1. The van der Waals surface area contributed by atoms with Crippen LogP contribution in [0.3, 0.4) is 0 Å². The largest absolute Gasteiger partial charge is 0.378 e. The topological polar surface area (TPSA) is 58.2 Å². The van der Waals surface area contributed by atoms with Crippen molar-refractivity contribution in [3.8, 4) is 11.1 Å². The number of nitrogens with zero attached hydrogens (tertiary/aromatic N) is 2. The van der Waals surface area contributed by atoms with E-state index in [1.54, 1.807) is 12.3 Å². The lowest BCUT2D eigenvalue weighted by molar-refractivity contribution is -0.129. The second-order valence-electron chi connectivity index (χ2n) is 6.01. The van der Waals surface area contributed by atoms with Gasteiger partial charge in [-0.25, -0.2) is 0 Å². The summed E-state index contributed by atoms with van der Waals surface area (Å²) in [6, 6.07) is 10.2.